The van der Waals surface area contributed by atoms with Crippen LogP contribution >= 0.6 is 0 Å². The second kappa shape index (κ2) is 7.36. The summed E-state index contributed by atoms with van der Waals surface area (Å²) in [6.45, 7) is 1.63. The molecule has 0 saturated carbocycles. The minimum atomic E-state index is -4.67. The molecule has 2 aliphatic rings. The number of aromatic nitrogens is 2. The lowest BCUT2D eigenvalue weighted by molar-refractivity contribution is -0.208. The molecule has 2 aliphatic heterocycles. The third-order valence-corrected chi connectivity index (χ3v) is 5.07. The van der Waals surface area contributed by atoms with Crippen LogP contribution in [0.2, 0.25) is 0 Å². The maximum Gasteiger partial charge on any atom is 0.425 e. The number of nitrogens with two attached hydrogens (primary N) is 1. The predicted octanol–water partition coefficient (Wildman–Crippen LogP) is 2.69. The van der Waals surface area contributed by atoms with Gasteiger partial charge in [0.2, 0.25) is 5.88 Å². The fourth-order valence-corrected chi connectivity index (χ4v) is 3.51. The second-order valence-corrected chi connectivity index (χ2v) is 7.29. The second-order valence-electron chi connectivity index (χ2n) is 7.29. The van der Waals surface area contributed by atoms with Crippen LogP contribution in [0.4, 0.5) is 23.2 Å². The molecule has 0 fully saturated rings. The van der Waals surface area contributed by atoms with Crippen molar-refractivity contribution in [2.24, 2.45) is 15.7 Å². The van der Waals surface area contributed by atoms with Crippen LogP contribution in [-0.2, 0) is 16.8 Å². The molecule has 8 nitrogen and oxygen atoms in total. The maximum atomic E-state index is 14.9. The summed E-state index contributed by atoms with van der Waals surface area (Å²) >= 11 is 0. The van der Waals surface area contributed by atoms with Crippen molar-refractivity contribution in [1.82, 2.24) is 15.3 Å². The first-order valence-electron chi connectivity index (χ1n) is 9.19. The normalized spacial score (nSPS) is 23.1. The van der Waals surface area contributed by atoms with E-state index < -0.39 is 36.1 Å². The summed E-state index contributed by atoms with van der Waals surface area (Å²) in [4.78, 5) is 16.7. The van der Waals surface area contributed by atoms with Crippen LogP contribution in [0.3, 0.4) is 0 Å². The molecule has 2 aromatic rings. The number of nitrogens with one attached hydrogen (secondary N) is 1. The van der Waals surface area contributed by atoms with Crippen molar-refractivity contribution in [3.05, 3.63) is 47.2 Å². The summed E-state index contributed by atoms with van der Waals surface area (Å²) in [5.74, 6) is 0.00543. The molecule has 2 atom stereocenters. The summed E-state index contributed by atoms with van der Waals surface area (Å²) in [6.07, 6.45) is -4.61. The standard InChI is InChI=1S/C19H18F4N6O2/c1-18(5-14(19(21,22)23)31-17(24)29-18)10-4-12-9(3-11(10)20)6-27-16(28-12)13-7-26-15(30-2)8-25-13/h3-4,7-8,14H,5-6H2,1-2H3,(H2,24,29)(H,27,28)/t14-,18?/m0/s1. The Morgan fingerprint density at radius 3 is 2.68 bits per heavy atom. The Hall–Kier alpha value is -3.44. The SMILES string of the molecule is COc1cnc(C2=Nc3cc(C4(C)C[C@@H](C(F)(F)F)OC(N)=N4)c(F)cc3CN2)cn1. The number of hydrogen-bond donors (Lipinski definition) is 2. The van der Waals surface area contributed by atoms with Gasteiger partial charge in [0.25, 0.3) is 6.02 Å². The van der Waals surface area contributed by atoms with E-state index in [-0.39, 0.29) is 12.1 Å². The Morgan fingerprint density at radius 2 is 2.03 bits per heavy atom. The van der Waals surface area contributed by atoms with Crippen molar-refractivity contribution < 1.29 is 27.0 Å². The summed E-state index contributed by atoms with van der Waals surface area (Å²) < 4.78 is 64.3. The van der Waals surface area contributed by atoms with Gasteiger partial charge in [-0.3, -0.25) is 0 Å². The van der Waals surface area contributed by atoms with Gasteiger partial charge in [0.1, 0.15) is 11.5 Å². The summed E-state index contributed by atoms with van der Waals surface area (Å²) in [5, 5.41) is 3.02. The van der Waals surface area contributed by atoms with Crippen LogP contribution in [0.1, 0.15) is 30.2 Å². The van der Waals surface area contributed by atoms with E-state index >= 15 is 0 Å². The average molecular weight is 438 g/mol. The Bertz CT molecular complexity index is 1070. The van der Waals surface area contributed by atoms with Crippen LogP contribution in [-0.4, -0.2) is 41.2 Å². The number of rotatable bonds is 3. The molecule has 1 unspecified atom stereocenters. The monoisotopic (exact) mass is 438 g/mol. The molecule has 0 radical (unpaired) electrons. The van der Waals surface area contributed by atoms with Gasteiger partial charge in [-0.25, -0.2) is 24.3 Å². The lowest BCUT2D eigenvalue weighted by Gasteiger charge is -2.36. The number of alkyl halides is 3. The summed E-state index contributed by atoms with van der Waals surface area (Å²) in [6, 6.07) is 1.97. The average Bonchev–Trinajstić information content (AvgIpc) is 2.71. The Labute approximate surface area is 174 Å². The van der Waals surface area contributed by atoms with Gasteiger partial charge in [-0.05, 0) is 24.6 Å². The lowest BCUT2D eigenvalue weighted by atomic mass is 9.84. The van der Waals surface area contributed by atoms with E-state index in [1.54, 1.807) is 0 Å². The number of ether oxygens (including phenoxy) is 2. The first-order valence-corrected chi connectivity index (χ1v) is 9.19. The van der Waals surface area contributed by atoms with E-state index in [2.05, 4.69) is 30.0 Å². The smallest absolute Gasteiger partial charge is 0.425 e. The van der Waals surface area contributed by atoms with Gasteiger partial charge in [-0.1, -0.05) is 0 Å². The zero-order valence-electron chi connectivity index (χ0n) is 16.5. The van der Waals surface area contributed by atoms with Crippen molar-refractivity contribution in [2.75, 3.05) is 7.11 Å². The third kappa shape index (κ3) is 3.97. The van der Waals surface area contributed by atoms with Gasteiger partial charge >= 0.3 is 6.18 Å². The van der Waals surface area contributed by atoms with E-state index in [9.17, 15) is 17.6 Å². The molecule has 0 saturated heterocycles. The molecule has 164 valence electrons. The molecule has 0 bridgehead atoms. The molecule has 0 aliphatic carbocycles. The minimum Gasteiger partial charge on any atom is -0.480 e. The number of amidine groups is 2. The molecule has 3 N–H and O–H groups in total. The number of halogens is 4. The van der Waals surface area contributed by atoms with Crippen molar-refractivity contribution in [1.29, 1.82) is 0 Å². The maximum absolute atomic E-state index is 14.9. The molecule has 3 heterocycles. The van der Waals surface area contributed by atoms with Crippen molar-refractivity contribution in [2.45, 2.75) is 37.7 Å². The minimum absolute atomic E-state index is 0.0578. The third-order valence-electron chi connectivity index (χ3n) is 5.07. The van der Waals surface area contributed by atoms with Crippen molar-refractivity contribution in [3.63, 3.8) is 0 Å². The summed E-state index contributed by atoms with van der Waals surface area (Å²) in [5.41, 5.74) is 5.19. The Kier molecular flexibility index (Phi) is 4.94. The van der Waals surface area contributed by atoms with Crippen LogP contribution < -0.4 is 15.8 Å². The largest absolute Gasteiger partial charge is 0.480 e. The van der Waals surface area contributed by atoms with Gasteiger partial charge < -0.3 is 20.5 Å². The van der Waals surface area contributed by atoms with Gasteiger partial charge in [0.05, 0.1) is 30.7 Å². The van der Waals surface area contributed by atoms with Gasteiger partial charge in [0, 0.05) is 18.5 Å². The molecule has 1 aromatic heterocycles. The first kappa shape index (κ1) is 20.8. The number of hydrogen-bond acceptors (Lipinski definition) is 8. The molecule has 0 spiro atoms. The van der Waals surface area contributed by atoms with Gasteiger partial charge in [0.15, 0.2) is 11.9 Å². The number of nitrogens with zero attached hydrogens (tertiary/aromatic N) is 4. The van der Waals surface area contributed by atoms with E-state index in [0.717, 1.165) is 0 Å². The molecule has 4 rings (SSSR count). The molecular weight excluding hydrogens is 420 g/mol. The van der Waals surface area contributed by atoms with Crippen molar-refractivity contribution >= 4 is 17.5 Å². The highest BCUT2D eigenvalue weighted by Crippen LogP contribution is 2.42. The van der Waals surface area contributed by atoms with Gasteiger partial charge in [-0.15, -0.1) is 0 Å². The molecule has 0 amide bonds. The highest BCUT2D eigenvalue weighted by Gasteiger charge is 2.50. The zero-order chi connectivity index (χ0) is 22.4. The lowest BCUT2D eigenvalue weighted by Crippen LogP contribution is -2.46. The van der Waals surface area contributed by atoms with E-state index in [0.29, 0.717) is 28.7 Å². The van der Waals surface area contributed by atoms with Crippen molar-refractivity contribution in [3.8, 4) is 5.88 Å². The van der Waals surface area contributed by atoms with E-state index in [1.165, 1.54) is 38.6 Å². The molecule has 12 heteroatoms. The summed E-state index contributed by atoms with van der Waals surface area (Å²) in [7, 11) is 1.46. The highest BCUT2D eigenvalue weighted by atomic mass is 19.4. The Morgan fingerprint density at radius 1 is 1.26 bits per heavy atom. The number of aliphatic imine (C=N–C) groups is 2. The molecular formula is C19H18F4N6O2. The van der Waals surface area contributed by atoms with Crippen LogP contribution in [0, 0.1) is 5.82 Å². The van der Waals surface area contributed by atoms with Gasteiger partial charge in [-0.2, -0.15) is 13.2 Å². The Balaban J connectivity index is 1.74. The fourth-order valence-electron chi connectivity index (χ4n) is 3.51. The quantitative estimate of drug-likeness (QED) is 0.714. The fraction of sp³-hybridized carbons (Fsp3) is 0.368. The van der Waals surface area contributed by atoms with Crippen LogP contribution in [0.25, 0.3) is 0 Å². The number of methoxy groups -OCH3 is 1. The zero-order valence-corrected chi connectivity index (χ0v) is 16.5. The molecule has 31 heavy (non-hydrogen) atoms. The number of benzene rings is 1. The number of fused-ring (bicyclic) bond motifs is 1. The predicted molar refractivity (Wildman–Crippen MR) is 103 cm³/mol. The van der Waals surface area contributed by atoms with E-state index in [1.807, 2.05) is 0 Å². The van der Waals surface area contributed by atoms with Crippen LogP contribution in [0.15, 0.2) is 34.5 Å². The highest BCUT2D eigenvalue weighted by molar-refractivity contribution is 5.99. The topological polar surface area (TPSA) is 107 Å². The van der Waals surface area contributed by atoms with E-state index in [4.69, 9.17) is 10.5 Å². The molecule has 1 aromatic carbocycles. The van der Waals surface area contributed by atoms with Crippen LogP contribution in [0.5, 0.6) is 5.88 Å². The first-order chi connectivity index (χ1) is 14.6.